The van der Waals surface area contributed by atoms with Crippen LogP contribution in [-0.4, -0.2) is 21.1 Å². The Morgan fingerprint density at radius 3 is 2.61 bits per heavy atom. The van der Waals surface area contributed by atoms with E-state index in [1.165, 1.54) is 12.1 Å². The van der Waals surface area contributed by atoms with Crippen molar-refractivity contribution in [3.63, 3.8) is 0 Å². The molecule has 0 bridgehead atoms. The van der Waals surface area contributed by atoms with Gasteiger partial charge in [0.1, 0.15) is 11.5 Å². The van der Waals surface area contributed by atoms with Crippen molar-refractivity contribution in [3.05, 3.63) is 64.8 Å². The summed E-state index contributed by atoms with van der Waals surface area (Å²) in [6, 6.07) is 9.73. The summed E-state index contributed by atoms with van der Waals surface area (Å²) >= 11 is 3.51. The number of aromatic nitrogens is 3. The lowest BCUT2D eigenvalue weighted by Gasteiger charge is -2.07. The number of nitrogens with zero attached hydrogens (tertiary/aromatic N) is 3. The van der Waals surface area contributed by atoms with E-state index in [1.807, 2.05) is 12.1 Å². The highest BCUT2D eigenvalue weighted by Crippen LogP contribution is 2.34. The largest absolute Gasteiger partial charge is 0.296 e. The lowest BCUT2D eigenvalue weighted by molar-refractivity contribution is 0.112. The fourth-order valence-corrected chi connectivity index (χ4v) is 3.25. The smallest absolute Gasteiger partial charge is 0.170 e. The first-order valence-electron chi connectivity index (χ1n) is 6.85. The number of pyridine rings is 1. The number of benzene rings is 2. The Kier molecular flexibility index (Phi) is 3.20. The van der Waals surface area contributed by atoms with Crippen LogP contribution in [0.2, 0.25) is 0 Å². The van der Waals surface area contributed by atoms with Crippen molar-refractivity contribution in [2.45, 2.75) is 0 Å². The summed E-state index contributed by atoms with van der Waals surface area (Å²) in [6.07, 6.45) is 4.17. The van der Waals surface area contributed by atoms with Crippen LogP contribution in [-0.2, 0) is 0 Å². The van der Waals surface area contributed by atoms with E-state index in [0.717, 1.165) is 32.4 Å². The maximum Gasteiger partial charge on any atom is 0.170 e. The molecule has 0 atom stereocenters. The Morgan fingerprint density at radius 1 is 1.09 bits per heavy atom. The van der Waals surface area contributed by atoms with Crippen molar-refractivity contribution in [1.82, 2.24) is 14.8 Å². The van der Waals surface area contributed by atoms with Crippen LogP contribution in [0.1, 0.15) is 10.5 Å². The minimum atomic E-state index is -0.322. The number of aldehydes is 1. The van der Waals surface area contributed by atoms with Gasteiger partial charge in [0.2, 0.25) is 0 Å². The first-order chi connectivity index (χ1) is 11.2. The van der Waals surface area contributed by atoms with Crippen LogP contribution in [0.25, 0.3) is 27.4 Å². The molecule has 4 rings (SSSR count). The number of hydrogen-bond donors (Lipinski definition) is 0. The third-order valence-corrected chi connectivity index (χ3v) is 4.39. The molecule has 0 saturated heterocycles. The van der Waals surface area contributed by atoms with Crippen LogP contribution in [0, 0.1) is 5.82 Å². The molecule has 2 aromatic heterocycles. The van der Waals surface area contributed by atoms with Crippen LogP contribution in [0.5, 0.6) is 0 Å². The van der Waals surface area contributed by atoms with Gasteiger partial charge in [-0.05, 0) is 36.4 Å². The second-order valence-corrected chi connectivity index (χ2v) is 5.92. The third-order valence-electron chi connectivity index (χ3n) is 3.74. The van der Waals surface area contributed by atoms with E-state index >= 15 is 0 Å². The number of fused-ring (bicyclic) bond motifs is 3. The average molecular weight is 370 g/mol. The van der Waals surface area contributed by atoms with E-state index < -0.39 is 0 Å². The normalized spacial score (nSPS) is 11.2. The summed E-state index contributed by atoms with van der Waals surface area (Å²) in [5.74, 6) is -0.322. The molecule has 6 heteroatoms. The Labute approximate surface area is 138 Å². The molecule has 0 saturated carbocycles. The number of halogens is 2. The van der Waals surface area contributed by atoms with Crippen molar-refractivity contribution in [2.24, 2.45) is 0 Å². The second kappa shape index (κ2) is 5.24. The quantitative estimate of drug-likeness (QED) is 0.495. The van der Waals surface area contributed by atoms with E-state index in [0.29, 0.717) is 11.4 Å². The number of carbonyl (C=O) groups is 1. The van der Waals surface area contributed by atoms with Crippen LogP contribution < -0.4 is 0 Å². The van der Waals surface area contributed by atoms with Gasteiger partial charge in [-0.25, -0.2) is 9.07 Å². The molecule has 2 aromatic carbocycles. The Bertz CT molecular complexity index is 1060. The Hall–Kier alpha value is -2.60. The van der Waals surface area contributed by atoms with Gasteiger partial charge in [-0.15, -0.1) is 0 Å². The summed E-state index contributed by atoms with van der Waals surface area (Å²) in [5.41, 5.74) is 1.81. The van der Waals surface area contributed by atoms with Crippen molar-refractivity contribution < 1.29 is 9.18 Å². The predicted octanol–water partition coefficient (Wildman–Crippen LogP) is 4.29. The van der Waals surface area contributed by atoms with Gasteiger partial charge >= 0.3 is 0 Å². The van der Waals surface area contributed by atoms with Crippen LogP contribution >= 0.6 is 15.9 Å². The fraction of sp³-hybridized carbons (Fsp3) is 0. The van der Waals surface area contributed by atoms with E-state index in [1.54, 1.807) is 29.2 Å². The monoisotopic (exact) mass is 369 g/mol. The van der Waals surface area contributed by atoms with Crippen LogP contribution in [0.4, 0.5) is 4.39 Å². The minimum absolute atomic E-state index is 0.322. The standard InChI is InChI=1S/C17H9BrFN3O/c18-15-7-13-16(9-23)21-22(11-3-1-10(19)2-4-11)17(13)12-5-6-20-8-14(12)15/h1-9H. The molecule has 23 heavy (non-hydrogen) atoms. The number of hydrogen-bond acceptors (Lipinski definition) is 3. The highest BCUT2D eigenvalue weighted by Gasteiger charge is 2.16. The molecule has 0 amide bonds. The molecule has 0 aliphatic heterocycles. The zero-order chi connectivity index (χ0) is 16.0. The molecule has 0 N–H and O–H groups in total. The van der Waals surface area contributed by atoms with Gasteiger partial charge in [0.25, 0.3) is 0 Å². The van der Waals surface area contributed by atoms with Gasteiger partial charge in [-0.2, -0.15) is 5.10 Å². The fourth-order valence-electron chi connectivity index (χ4n) is 2.70. The third kappa shape index (κ3) is 2.14. The highest BCUT2D eigenvalue weighted by molar-refractivity contribution is 9.10. The van der Waals surface area contributed by atoms with Gasteiger partial charge in [0.05, 0.1) is 11.2 Å². The van der Waals surface area contributed by atoms with Gasteiger partial charge in [-0.1, -0.05) is 15.9 Å². The average Bonchev–Trinajstić information content (AvgIpc) is 2.94. The zero-order valence-electron chi connectivity index (χ0n) is 11.7. The highest BCUT2D eigenvalue weighted by atomic mass is 79.9. The second-order valence-electron chi connectivity index (χ2n) is 5.07. The van der Waals surface area contributed by atoms with Crippen LogP contribution in [0.15, 0.2) is 53.3 Å². The minimum Gasteiger partial charge on any atom is -0.296 e. The Balaban J connectivity index is 2.18. The van der Waals surface area contributed by atoms with Crippen molar-refractivity contribution in [2.75, 3.05) is 0 Å². The van der Waals surface area contributed by atoms with Crippen LogP contribution in [0.3, 0.4) is 0 Å². The van der Waals surface area contributed by atoms with E-state index in [4.69, 9.17) is 0 Å². The predicted molar refractivity (Wildman–Crippen MR) is 89.4 cm³/mol. The zero-order valence-corrected chi connectivity index (χ0v) is 13.3. The van der Waals surface area contributed by atoms with E-state index in [-0.39, 0.29) is 5.82 Å². The molecule has 0 radical (unpaired) electrons. The summed E-state index contributed by atoms with van der Waals surface area (Å²) in [7, 11) is 0. The first-order valence-corrected chi connectivity index (χ1v) is 7.64. The van der Waals surface area contributed by atoms with Crippen molar-refractivity contribution in [1.29, 1.82) is 0 Å². The Morgan fingerprint density at radius 2 is 1.87 bits per heavy atom. The maximum atomic E-state index is 13.2. The number of rotatable bonds is 2. The molecule has 4 nitrogen and oxygen atoms in total. The summed E-state index contributed by atoms with van der Waals surface area (Å²) in [5, 5.41) is 6.94. The summed E-state index contributed by atoms with van der Waals surface area (Å²) < 4.78 is 15.7. The molecular formula is C17H9BrFN3O. The molecule has 2 heterocycles. The summed E-state index contributed by atoms with van der Waals surface area (Å²) in [4.78, 5) is 15.5. The summed E-state index contributed by atoms with van der Waals surface area (Å²) in [6.45, 7) is 0. The molecule has 4 aromatic rings. The van der Waals surface area contributed by atoms with E-state index in [2.05, 4.69) is 26.0 Å². The van der Waals surface area contributed by atoms with Gasteiger partial charge < -0.3 is 0 Å². The SMILES string of the molecule is O=Cc1nn(-c2ccc(F)cc2)c2c1cc(Br)c1cnccc12. The molecule has 112 valence electrons. The lowest BCUT2D eigenvalue weighted by Crippen LogP contribution is -1.97. The number of carbonyl (C=O) groups excluding carboxylic acids is 1. The maximum absolute atomic E-state index is 13.2. The van der Waals surface area contributed by atoms with Crippen molar-refractivity contribution in [3.8, 4) is 5.69 Å². The lowest BCUT2D eigenvalue weighted by atomic mass is 10.1. The molecule has 0 spiro atoms. The molecule has 0 aliphatic rings. The molecule has 0 unspecified atom stereocenters. The molecule has 0 aliphatic carbocycles. The first kappa shape index (κ1) is 14.0. The van der Waals surface area contributed by atoms with E-state index in [9.17, 15) is 9.18 Å². The molecule has 0 fully saturated rings. The van der Waals surface area contributed by atoms with Crippen molar-refractivity contribution >= 4 is 43.9 Å². The molecular weight excluding hydrogens is 361 g/mol. The van der Waals surface area contributed by atoms with Gasteiger partial charge in [0.15, 0.2) is 6.29 Å². The van der Waals surface area contributed by atoms with Gasteiger partial charge in [0, 0.05) is 33.0 Å². The van der Waals surface area contributed by atoms with Gasteiger partial charge in [-0.3, -0.25) is 9.78 Å². The topological polar surface area (TPSA) is 47.8 Å².